The first-order chi connectivity index (χ1) is 14.7. The first kappa shape index (κ1) is 22.2. The van der Waals surface area contributed by atoms with Gasteiger partial charge in [0, 0.05) is 18.4 Å². The van der Waals surface area contributed by atoms with Crippen LogP contribution in [0, 0.1) is 5.92 Å². The molecule has 2 aromatic carbocycles. The highest BCUT2D eigenvalue weighted by molar-refractivity contribution is 5.80. The lowest BCUT2D eigenvalue weighted by molar-refractivity contribution is -0.126. The van der Waals surface area contributed by atoms with Gasteiger partial charge in [-0.1, -0.05) is 69.0 Å². The summed E-state index contributed by atoms with van der Waals surface area (Å²) in [7, 11) is 1.68. The summed E-state index contributed by atoms with van der Waals surface area (Å²) in [4.78, 5) is 12.4. The molecule has 1 aliphatic rings. The minimum Gasteiger partial charge on any atom is -0.493 e. The Bertz CT molecular complexity index is 790. The van der Waals surface area contributed by atoms with Gasteiger partial charge in [-0.15, -0.1) is 0 Å². The summed E-state index contributed by atoms with van der Waals surface area (Å²) in [6.45, 7) is 3.61. The molecular weight excluding hydrogens is 374 g/mol. The third-order valence-corrected chi connectivity index (χ3v) is 5.95. The Morgan fingerprint density at radius 1 is 1.00 bits per heavy atom. The molecule has 1 aliphatic heterocycles. The number of carbonyl (C=O) groups excluding carboxylic acids is 1. The van der Waals surface area contributed by atoms with Gasteiger partial charge in [0.2, 0.25) is 5.91 Å². The van der Waals surface area contributed by atoms with Crippen LogP contribution in [0.25, 0.3) is 0 Å². The molecule has 3 rings (SSSR count). The van der Waals surface area contributed by atoms with Crippen LogP contribution in [-0.2, 0) is 11.2 Å². The number of unbranched alkanes of at least 4 members (excludes halogenated alkanes) is 4. The molecule has 0 aliphatic carbocycles. The van der Waals surface area contributed by atoms with E-state index in [4.69, 9.17) is 9.47 Å². The lowest BCUT2D eigenvalue weighted by Gasteiger charge is -2.30. The Kier molecular flexibility index (Phi) is 8.61. The fourth-order valence-corrected chi connectivity index (χ4v) is 4.18. The Labute approximate surface area is 181 Å². The van der Waals surface area contributed by atoms with Crippen LogP contribution in [0.1, 0.15) is 62.5 Å². The van der Waals surface area contributed by atoms with Crippen molar-refractivity contribution < 1.29 is 14.3 Å². The Hall–Kier alpha value is -2.49. The van der Waals surface area contributed by atoms with E-state index in [0.29, 0.717) is 13.2 Å². The molecule has 0 saturated carbocycles. The SMILES string of the molecule is CCCCCCCOc1cc([C@H]2CNC(=O)C(Cc3ccccc3)C2)ccc1OC. The molecule has 1 amide bonds. The number of carbonyl (C=O) groups is 1. The summed E-state index contributed by atoms with van der Waals surface area (Å²) in [6, 6.07) is 16.5. The van der Waals surface area contributed by atoms with E-state index >= 15 is 0 Å². The second-order valence-corrected chi connectivity index (χ2v) is 8.24. The van der Waals surface area contributed by atoms with E-state index in [1.807, 2.05) is 24.3 Å². The van der Waals surface area contributed by atoms with Crippen molar-refractivity contribution in [3.63, 3.8) is 0 Å². The van der Waals surface area contributed by atoms with Gasteiger partial charge in [0.1, 0.15) is 0 Å². The average Bonchev–Trinajstić information content (AvgIpc) is 2.78. The van der Waals surface area contributed by atoms with Crippen molar-refractivity contribution >= 4 is 5.91 Å². The summed E-state index contributed by atoms with van der Waals surface area (Å²) in [6.07, 6.45) is 7.69. The molecule has 1 fully saturated rings. The predicted molar refractivity (Wildman–Crippen MR) is 121 cm³/mol. The van der Waals surface area contributed by atoms with Gasteiger partial charge in [0.25, 0.3) is 0 Å². The molecular formula is C26H35NO3. The van der Waals surface area contributed by atoms with Crippen molar-refractivity contribution in [3.05, 3.63) is 59.7 Å². The highest BCUT2D eigenvalue weighted by atomic mass is 16.5. The maximum absolute atomic E-state index is 12.4. The zero-order chi connectivity index (χ0) is 21.2. The normalized spacial score (nSPS) is 18.7. The zero-order valence-electron chi connectivity index (χ0n) is 18.4. The first-order valence-corrected chi connectivity index (χ1v) is 11.3. The number of amides is 1. The Balaban J connectivity index is 1.63. The molecule has 1 saturated heterocycles. The molecule has 2 aromatic rings. The minimum absolute atomic E-state index is 0.00353. The summed E-state index contributed by atoms with van der Waals surface area (Å²) in [5.41, 5.74) is 2.41. The average molecular weight is 410 g/mol. The summed E-state index contributed by atoms with van der Waals surface area (Å²) < 4.78 is 11.6. The third-order valence-electron chi connectivity index (χ3n) is 5.95. The van der Waals surface area contributed by atoms with E-state index < -0.39 is 0 Å². The quantitative estimate of drug-likeness (QED) is 0.498. The van der Waals surface area contributed by atoms with Gasteiger partial charge < -0.3 is 14.8 Å². The van der Waals surface area contributed by atoms with Crippen molar-refractivity contribution in [2.45, 2.75) is 57.8 Å². The first-order valence-electron chi connectivity index (χ1n) is 11.3. The van der Waals surface area contributed by atoms with Crippen LogP contribution in [0.2, 0.25) is 0 Å². The van der Waals surface area contributed by atoms with Gasteiger partial charge in [-0.3, -0.25) is 4.79 Å². The van der Waals surface area contributed by atoms with Gasteiger partial charge in [0.05, 0.1) is 13.7 Å². The topological polar surface area (TPSA) is 47.6 Å². The third kappa shape index (κ3) is 6.25. The van der Waals surface area contributed by atoms with Gasteiger partial charge in [-0.05, 0) is 42.5 Å². The van der Waals surface area contributed by atoms with Crippen LogP contribution in [0.4, 0.5) is 0 Å². The van der Waals surface area contributed by atoms with Gasteiger partial charge >= 0.3 is 0 Å². The van der Waals surface area contributed by atoms with Crippen LogP contribution in [0.15, 0.2) is 48.5 Å². The van der Waals surface area contributed by atoms with Crippen LogP contribution >= 0.6 is 0 Å². The molecule has 162 valence electrons. The van der Waals surface area contributed by atoms with Crippen LogP contribution in [0.5, 0.6) is 11.5 Å². The standard InChI is InChI=1S/C26H35NO3/c1-3-4-5-6-10-15-30-25-18-21(13-14-24(25)29-2)23-17-22(26(28)27-19-23)16-20-11-8-7-9-12-20/h7-9,11-14,18,22-23H,3-6,10,15-17,19H2,1-2H3,(H,27,28)/t22?,23-/m1/s1. The van der Waals surface area contributed by atoms with Crippen molar-refractivity contribution in [2.24, 2.45) is 5.92 Å². The predicted octanol–water partition coefficient (Wildman–Crippen LogP) is 5.51. The Morgan fingerprint density at radius 2 is 1.80 bits per heavy atom. The molecule has 0 bridgehead atoms. The van der Waals surface area contributed by atoms with Crippen LogP contribution in [0.3, 0.4) is 0 Å². The highest BCUT2D eigenvalue weighted by Crippen LogP contribution is 2.35. The number of benzene rings is 2. The van der Waals surface area contributed by atoms with Crippen molar-refractivity contribution in [3.8, 4) is 11.5 Å². The van der Waals surface area contributed by atoms with E-state index in [1.165, 1.54) is 36.8 Å². The molecule has 0 aromatic heterocycles. The molecule has 1 heterocycles. The van der Waals surface area contributed by atoms with Gasteiger partial charge in [-0.2, -0.15) is 0 Å². The smallest absolute Gasteiger partial charge is 0.223 e. The fourth-order valence-electron chi connectivity index (χ4n) is 4.18. The fraction of sp³-hybridized carbons (Fsp3) is 0.500. The molecule has 1 unspecified atom stereocenters. The lowest BCUT2D eigenvalue weighted by Crippen LogP contribution is -2.41. The molecule has 2 atom stereocenters. The van der Waals surface area contributed by atoms with Crippen molar-refractivity contribution in [1.82, 2.24) is 5.32 Å². The monoisotopic (exact) mass is 409 g/mol. The number of piperidine rings is 1. The lowest BCUT2D eigenvalue weighted by atomic mass is 9.82. The number of methoxy groups -OCH3 is 1. The molecule has 1 N–H and O–H groups in total. The summed E-state index contributed by atoms with van der Waals surface area (Å²) in [5.74, 6) is 2.02. The number of nitrogens with one attached hydrogen (secondary N) is 1. The molecule has 0 spiro atoms. The number of ether oxygens (including phenoxy) is 2. The number of hydrogen-bond acceptors (Lipinski definition) is 3. The second kappa shape index (κ2) is 11.6. The second-order valence-electron chi connectivity index (χ2n) is 8.24. The van der Waals surface area contributed by atoms with E-state index in [2.05, 4.69) is 36.5 Å². The largest absolute Gasteiger partial charge is 0.493 e. The highest BCUT2D eigenvalue weighted by Gasteiger charge is 2.30. The van der Waals surface area contributed by atoms with E-state index in [-0.39, 0.29) is 17.7 Å². The number of rotatable bonds is 11. The molecule has 0 radical (unpaired) electrons. The van der Waals surface area contributed by atoms with Crippen LogP contribution in [-0.4, -0.2) is 26.2 Å². The van der Waals surface area contributed by atoms with Gasteiger partial charge in [-0.25, -0.2) is 0 Å². The number of hydrogen-bond donors (Lipinski definition) is 1. The molecule has 30 heavy (non-hydrogen) atoms. The summed E-state index contributed by atoms with van der Waals surface area (Å²) in [5, 5.41) is 3.11. The molecule has 4 heteroatoms. The minimum atomic E-state index is -0.00353. The maximum Gasteiger partial charge on any atom is 0.223 e. The van der Waals surface area contributed by atoms with E-state index in [0.717, 1.165) is 30.8 Å². The Morgan fingerprint density at radius 3 is 2.57 bits per heavy atom. The van der Waals surface area contributed by atoms with Crippen molar-refractivity contribution in [2.75, 3.05) is 20.3 Å². The zero-order valence-corrected chi connectivity index (χ0v) is 18.4. The van der Waals surface area contributed by atoms with Crippen LogP contribution < -0.4 is 14.8 Å². The van der Waals surface area contributed by atoms with E-state index in [9.17, 15) is 4.79 Å². The van der Waals surface area contributed by atoms with Crippen molar-refractivity contribution in [1.29, 1.82) is 0 Å². The van der Waals surface area contributed by atoms with Gasteiger partial charge in [0.15, 0.2) is 11.5 Å². The summed E-state index contributed by atoms with van der Waals surface area (Å²) >= 11 is 0. The maximum atomic E-state index is 12.4. The molecule has 4 nitrogen and oxygen atoms in total. The van der Waals surface area contributed by atoms with E-state index in [1.54, 1.807) is 7.11 Å².